The molecule has 1 aromatic heterocycles. The lowest BCUT2D eigenvalue weighted by Gasteiger charge is -2.49. The van der Waals surface area contributed by atoms with Gasteiger partial charge in [0.05, 0.1) is 0 Å². The lowest BCUT2D eigenvalue weighted by atomic mass is 9.70. The summed E-state index contributed by atoms with van der Waals surface area (Å²) in [5.74, 6) is 0.766. The minimum atomic E-state index is -0.0743. The summed E-state index contributed by atoms with van der Waals surface area (Å²) in [6, 6.07) is 8.46. The maximum absolute atomic E-state index is 11.7. The molecule has 0 radical (unpaired) electrons. The average molecular weight is 420 g/mol. The zero-order valence-electron chi connectivity index (χ0n) is 18.5. The SMILES string of the molecule is CNC(=O)c1ccc(-c2cnc(N3CCC4(CC3)CCN(C3CCC3)CC4)nc2)cc1. The van der Waals surface area contributed by atoms with E-state index >= 15 is 0 Å². The number of likely N-dealkylation sites (tertiary alicyclic amines) is 1. The first-order chi connectivity index (χ1) is 15.2. The van der Waals surface area contributed by atoms with Gasteiger partial charge >= 0.3 is 0 Å². The van der Waals surface area contributed by atoms with Crippen molar-refractivity contribution in [1.29, 1.82) is 0 Å². The molecule has 1 amide bonds. The molecule has 164 valence electrons. The third-order valence-electron chi connectivity index (χ3n) is 7.90. The summed E-state index contributed by atoms with van der Waals surface area (Å²) in [5.41, 5.74) is 3.20. The summed E-state index contributed by atoms with van der Waals surface area (Å²) in [4.78, 5) is 26.1. The van der Waals surface area contributed by atoms with Crippen LogP contribution in [0.1, 0.15) is 55.3 Å². The first-order valence-electron chi connectivity index (χ1n) is 11.8. The van der Waals surface area contributed by atoms with Crippen LogP contribution in [0.5, 0.6) is 0 Å². The number of piperidine rings is 2. The Hall–Kier alpha value is -2.47. The first-order valence-corrected chi connectivity index (χ1v) is 11.8. The van der Waals surface area contributed by atoms with Crippen LogP contribution in [0.3, 0.4) is 0 Å². The highest BCUT2D eigenvalue weighted by Gasteiger charge is 2.40. The maximum atomic E-state index is 11.7. The Morgan fingerprint density at radius 1 is 0.935 bits per heavy atom. The first kappa shape index (κ1) is 20.4. The van der Waals surface area contributed by atoms with Crippen molar-refractivity contribution in [2.75, 3.05) is 38.1 Å². The van der Waals surface area contributed by atoms with Crippen molar-refractivity contribution in [2.24, 2.45) is 5.41 Å². The molecule has 3 heterocycles. The number of anilines is 1. The van der Waals surface area contributed by atoms with Crippen molar-refractivity contribution in [3.63, 3.8) is 0 Å². The van der Waals surface area contributed by atoms with E-state index in [2.05, 4.69) is 25.1 Å². The maximum Gasteiger partial charge on any atom is 0.251 e. The van der Waals surface area contributed by atoms with Gasteiger partial charge < -0.3 is 15.1 Å². The van der Waals surface area contributed by atoms with Gasteiger partial charge in [0.1, 0.15) is 0 Å². The summed E-state index contributed by atoms with van der Waals surface area (Å²) in [5, 5.41) is 2.65. The van der Waals surface area contributed by atoms with Crippen molar-refractivity contribution in [3.05, 3.63) is 42.2 Å². The summed E-state index contributed by atoms with van der Waals surface area (Å²) in [6.45, 7) is 4.72. The Morgan fingerprint density at radius 2 is 1.55 bits per heavy atom. The molecule has 0 unspecified atom stereocenters. The number of hydrogen-bond donors (Lipinski definition) is 1. The molecule has 5 rings (SSSR count). The standard InChI is InChI=1S/C25H33N5O/c1-26-23(31)20-7-5-19(6-8-20)21-17-27-24(28-18-21)30-15-11-25(12-16-30)9-13-29(14-10-25)22-3-2-4-22/h5-8,17-18,22H,2-4,9-16H2,1H3,(H,26,31). The fourth-order valence-corrected chi connectivity index (χ4v) is 5.39. The Kier molecular flexibility index (Phi) is 5.65. The van der Waals surface area contributed by atoms with Crippen LogP contribution in [0.15, 0.2) is 36.7 Å². The fourth-order valence-electron chi connectivity index (χ4n) is 5.39. The Bertz CT molecular complexity index is 889. The lowest BCUT2D eigenvalue weighted by molar-refractivity contribution is 0.0304. The minimum Gasteiger partial charge on any atom is -0.355 e. The summed E-state index contributed by atoms with van der Waals surface area (Å²) >= 11 is 0. The van der Waals surface area contributed by atoms with Crippen LogP contribution in [0.4, 0.5) is 5.95 Å². The molecule has 1 aliphatic carbocycles. The number of hydrogen-bond acceptors (Lipinski definition) is 5. The predicted molar refractivity (Wildman–Crippen MR) is 123 cm³/mol. The number of aromatic nitrogens is 2. The summed E-state index contributed by atoms with van der Waals surface area (Å²) < 4.78 is 0. The van der Waals surface area contributed by atoms with E-state index in [1.807, 2.05) is 36.7 Å². The molecule has 0 atom stereocenters. The molecule has 2 aromatic rings. The van der Waals surface area contributed by atoms with Gasteiger partial charge in [0.25, 0.3) is 5.91 Å². The molecule has 1 spiro atoms. The van der Waals surface area contributed by atoms with Crippen molar-refractivity contribution in [2.45, 2.75) is 51.0 Å². The number of amides is 1. The Labute approximate surface area is 185 Å². The van der Waals surface area contributed by atoms with Crippen molar-refractivity contribution >= 4 is 11.9 Å². The highest BCUT2D eigenvalue weighted by molar-refractivity contribution is 5.94. The van der Waals surface area contributed by atoms with Gasteiger partial charge in [0, 0.05) is 49.7 Å². The average Bonchev–Trinajstić information content (AvgIpc) is 2.80. The van der Waals surface area contributed by atoms with Crippen molar-refractivity contribution in [3.8, 4) is 11.1 Å². The predicted octanol–water partition coefficient (Wildman–Crippen LogP) is 3.74. The number of rotatable bonds is 4. The Balaban J connectivity index is 1.17. The van der Waals surface area contributed by atoms with Crippen LogP contribution < -0.4 is 10.2 Å². The van der Waals surface area contributed by atoms with Gasteiger partial charge in [0.2, 0.25) is 5.95 Å². The van der Waals surface area contributed by atoms with Crippen LogP contribution in [-0.4, -0.2) is 60.0 Å². The summed E-state index contributed by atoms with van der Waals surface area (Å²) in [7, 11) is 1.64. The monoisotopic (exact) mass is 419 g/mol. The molecule has 0 bridgehead atoms. The highest BCUT2D eigenvalue weighted by atomic mass is 16.1. The van der Waals surface area contributed by atoms with Crippen LogP contribution in [0.25, 0.3) is 11.1 Å². The largest absolute Gasteiger partial charge is 0.355 e. The van der Waals surface area contributed by atoms with Crippen molar-refractivity contribution < 1.29 is 4.79 Å². The summed E-state index contributed by atoms with van der Waals surface area (Å²) in [6.07, 6.45) is 13.3. The normalized spacial score (nSPS) is 21.6. The quantitative estimate of drug-likeness (QED) is 0.818. The van der Waals surface area contributed by atoms with E-state index in [4.69, 9.17) is 0 Å². The van der Waals surface area contributed by atoms with Gasteiger partial charge in [0.15, 0.2) is 0 Å². The number of benzene rings is 1. The topological polar surface area (TPSA) is 61.4 Å². The molecule has 6 nitrogen and oxygen atoms in total. The van der Waals surface area contributed by atoms with E-state index in [9.17, 15) is 4.79 Å². The molecular weight excluding hydrogens is 386 g/mol. The molecule has 1 saturated carbocycles. The van der Waals surface area contributed by atoms with Crippen LogP contribution in [0, 0.1) is 5.41 Å². The van der Waals surface area contributed by atoms with E-state index in [-0.39, 0.29) is 5.91 Å². The molecule has 6 heteroatoms. The van der Waals surface area contributed by atoms with Gasteiger partial charge in [-0.05, 0) is 74.7 Å². The highest BCUT2D eigenvalue weighted by Crippen LogP contribution is 2.43. The molecule has 3 fully saturated rings. The number of nitrogens with one attached hydrogen (secondary N) is 1. The zero-order chi connectivity index (χ0) is 21.3. The van der Waals surface area contributed by atoms with E-state index in [0.717, 1.165) is 36.2 Å². The molecule has 3 aliphatic rings. The second-order valence-electron chi connectivity index (χ2n) is 9.54. The van der Waals surface area contributed by atoms with E-state index < -0.39 is 0 Å². The molecule has 1 N–H and O–H groups in total. The molecule has 1 aromatic carbocycles. The number of carbonyl (C=O) groups excluding carboxylic acids is 1. The van der Waals surface area contributed by atoms with Gasteiger partial charge in [-0.15, -0.1) is 0 Å². The molecular formula is C25H33N5O. The van der Waals surface area contributed by atoms with E-state index in [1.54, 1.807) is 7.05 Å². The van der Waals surface area contributed by atoms with Gasteiger partial charge in [-0.3, -0.25) is 4.79 Å². The van der Waals surface area contributed by atoms with Crippen LogP contribution in [-0.2, 0) is 0 Å². The van der Waals surface area contributed by atoms with Gasteiger partial charge in [-0.1, -0.05) is 18.6 Å². The van der Waals surface area contributed by atoms with Crippen LogP contribution in [0.2, 0.25) is 0 Å². The number of carbonyl (C=O) groups is 1. The molecule has 2 saturated heterocycles. The fraction of sp³-hybridized carbons (Fsp3) is 0.560. The lowest BCUT2D eigenvalue weighted by Crippen LogP contribution is -2.51. The second kappa shape index (κ2) is 8.58. The van der Waals surface area contributed by atoms with Crippen LogP contribution >= 0.6 is 0 Å². The van der Waals surface area contributed by atoms with Crippen molar-refractivity contribution in [1.82, 2.24) is 20.2 Å². The zero-order valence-corrected chi connectivity index (χ0v) is 18.5. The second-order valence-corrected chi connectivity index (χ2v) is 9.54. The number of nitrogens with zero attached hydrogens (tertiary/aromatic N) is 4. The smallest absolute Gasteiger partial charge is 0.251 e. The van der Waals surface area contributed by atoms with Gasteiger partial charge in [-0.2, -0.15) is 0 Å². The molecule has 2 aliphatic heterocycles. The van der Waals surface area contributed by atoms with E-state index in [1.165, 1.54) is 58.0 Å². The third-order valence-corrected chi connectivity index (χ3v) is 7.90. The molecule has 31 heavy (non-hydrogen) atoms. The Morgan fingerprint density at radius 3 is 2.10 bits per heavy atom. The third kappa shape index (κ3) is 4.18. The van der Waals surface area contributed by atoms with Gasteiger partial charge in [-0.25, -0.2) is 9.97 Å². The minimum absolute atomic E-state index is 0.0743. The van der Waals surface area contributed by atoms with E-state index in [0.29, 0.717) is 11.0 Å².